The number of unbranched alkanes of at least 4 members (excludes halogenated alkanes) is 1. The Morgan fingerprint density at radius 3 is 1.19 bits per heavy atom. The van der Waals surface area contributed by atoms with Gasteiger partial charge in [-0.2, -0.15) is 0 Å². The molecule has 0 aliphatic carbocycles. The monoisotopic (exact) mass is 362 g/mol. The molecule has 0 aliphatic heterocycles. The molecule has 0 spiro atoms. The van der Waals surface area contributed by atoms with Crippen LogP contribution in [0.2, 0.25) is 25.7 Å². The molecule has 0 atom stereocenters. The summed E-state index contributed by atoms with van der Waals surface area (Å²) in [7, 11) is 3.58. The van der Waals surface area contributed by atoms with Crippen molar-refractivity contribution in [2.45, 2.75) is 66.7 Å². The maximum Gasteiger partial charge on any atom is 0.157 e. The molecule has 0 aliphatic rings. The Balaban J connectivity index is -0.0000000351. The van der Waals surface area contributed by atoms with E-state index in [-0.39, 0.29) is 43.9 Å². The molecule has 0 amide bonds. The molecule has 138 valence electrons. The molecular weight excluding hydrogens is 316 g/mol. The van der Waals surface area contributed by atoms with Crippen LogP contribution in [-0.4, -0.2) is 66.7 Å². The van der Waals surface area contributed by atoms with Crippen LogP contribution in [0.25, 0.3) is 0 Å². The smallest absolute Gasteiger partial charge is 0.157 e. The summed E-state index contributed by atoms with van der Waals surface area (Å²) in [6.07, 6.45) is 3.07. The molecule has 2 N–H and O–H groups in total. The van der Waals surface area contributed by atoms with Crippen LogP contribution in [0.3, 0.4) is 0 Å². The average Bonchev–Trinajstić information content (AvgIpc) is 2.47. The first kappa shape index (κ1) is 37.6. The van der Waals surface area contributed by atoms with Gasteiger partial charge < -0.3 is 19.1 Å². The fraction of sp³-hybridized carbons (Fsp3) is 1.00. The van der Waals surface area contributed by atoms with Gasteiger partial charge in [0.15, 0.2) is 19.5 Å². The summed E-state index contributed by atoms with van der Waals surface area (Å²) in [4.78, 5) is 0. The second-order valence-electron chi connectivity index (χ2n) is 3.66. The number of aliphatic hydroxyl groups is 2. The summed E-state index contributed by atoms with van der Waals surface area (Å²) in [5.74, 6) is 0. The number of hydrogen-bond donors (Lipinski definition) is 2. The van der Waals surface area contributed by atoms with E-state index in [4.69, 9.17) is 10.2 Å². The van der Waals surface area contributed by atoms with Gasteiger partial charge in [0.1, 0.15) is 0 Å². The SMILES string of the molecule is C.C.CCCCO.CO[SiH2]C.CO[SiH2]C.C[SiH2]CCCO. The highest BCUT2D eigenvalue weighted by Crippen LogP contribution is 1.82. The molecule has 0 heterocycles. The number of rotatable bonds is 7. The Morgan fingerprint density at radius 2 is 1.14 bits per heavy atom. The minimum Gasteiger partial charge on any atom is -0.427 e. The van der Waals surface area contributed by atoms with Crippen LogP contribution < -0.4 is 0 Å². The van der Waals surface area contributed by atoms with Crippen LogP contribution in [-0.2, 0) is 8.85 Å². The summed E-state index contributed by atoms with van der Waals surface area (Å²) in [5.41, 5.74) is 0. The fourth-order valence-electron chi connectivity index (χ4n) is 0.520. The van der Waals surface area contributed by atoms with E-state index >= 15 is 0 Å². The van der Waals surface area contributed by atoms with Crippen LogP contribution in [0, 0.1) is 0 Å². The lowest BCUT2D eigenvalue weighted by atomic mass is 10.4. The van der Waals surface area contributed by atoms with E-state index in [1.54, 1.807) is 14.2 Å². The van der Waals surface area contributed by atoms with E-state index in [1.807, 2.05) is 0 Å². The van der Waals surface area contributed by atoms with Gasteiger partial charge in [0, 0.05) is 37.0 Å². The van der Waals surface area contributed by atoms with Gasteiger partial charge in [0.2, 0.25) is 0 Å². The zero-order valence-corrected chi connectivity index (χ0v) is 18.3. The van der Waals surface area contributed by atoms with Crippen molar-refractivity contribution < 1.29 is 19.1 Å². The molecule has 0 aromatic rings. The van der Waals surface area contributed by atoms with E-state index in [2.05, 4.69) is 35.4 Å². The quantitative estimate of drug-likeness (QED) is 0.533. The molecule has 0 bridgehead atoms. The van der Waals surface area contributed by atoms with Crippen LogP contribution >= 0.6 is 0 Å². The molecule has 0 aromatic carbocycles. The summed E-state index contributed by atoms with van der Waals surface area (Å²) >= 11 is 0. The molecule has 0 radical (unpaired) electrons. The molecule has 0 saturated heterocycles. The first-order valence-electron chi connectivity index (χ1n) is 7.35. The summed E-state index contributed by atoms with van der Waals surface area (Å²) < 4.78 is 9.36. The van der Waals surface area contributed by atoms with Crippen molar-refractivity contribution in [3.8, 4) is 0 Å². The molecule has 7 heteroatoms. The lowest BCUT2D eigenvalue weighted by molar-refractivity contribution is 0.287. The van der Waals surface area contributed by atoms with Gasteiger partial charge >= 0.3 is 0 Å². The Morgan fingerprint density at radius 1 is 0.810 bits per heavy atom. The maximum atomic E-state index is 8.22. The van der Waals surface area contributed by atoms with Crippen LogP contribution in [0.1, 0.15) is 41.0 Å². The second kappa shape index (κ2) is 59.0. The second-order valence-corrected chi connectivity index (χ2v) is 7.68. The van der Waals surface area contributed by atoms with E-state index in [0.29, 0.717) is 13.2 Å². The first-order chi connectivity index (χ1) is 9.16. The van der Waals surface area contributed by atoms with Crippen LogP contribution in [0.15, 0.2) is 0 Å². The van der Waals surface area contributed by atoms with Crippen molar-refractivity contribution in [1.29, 1.82) is 0 Å². The van der Waals surface area contributed by atoms with Gasteiger partial charge in [0.05, 0.1) is 0 Å². The van der Waals surface area contributed by atoms with Crippen molar-refractivity contribution >= 4 is 29.0 Å². The van der Waals surface area contributed by atoms with Gasteiger partial charge in [-0.1, -0.05) is 53.9 Å². The lowest BCUT2D eigenvalue weighted by Crippen LogP contribution is -1.84. The van der Waals surface area contributed by atoms with Crippen molar-refractivity contribution in [2.75, 3.05) is 27.4 Å². The number of aliphatic hydroxyl groups excluding tert-OH is 2. The van der Waals surface area contributed by atoms with Gasteiger partial charge in [-0.25, -0.2) is 0 Å². The van der Waals surface area contributed by atoms with E-state index in [0.717, 1.165) is 19.3 Å². The van der Waals surface area contributed by atoms with Crippen molar-refractivity contribution in [2.24, 2.45) is 0 Å². The van der Waals surface area contributed by atoms with Crippen molar-refractivity contribution in [3.05, 3.63) is 0 Å². The Hall–Kier alpha value is 0.491. The third kappa shape index (κ3) is 125. The zero-order valence-electron chi connectivity index (χ0n) is 14.1. The lowest BCUT2D eigenvalue weighted by Gasteiger charge is -1.85. The van der Waals surface area contributed by atoms with Gasteiger partial charge in [-0.05, 0) is 12.8 Å². The molecule has 0 unspecified atom stereocenters. The summed E-state index contributed by atoms with van der Waals surface area (Å²) in [6.45, 7) is 9.24. The highest BCUT2D eigenvalue weighted by atomic mass is 28.2. The van der Waals surface area contributed by atoms with Crippen LogP contribution in [0.5, 0.6) is 0 Å². The highest BCUT2D eigenvalue weighted by molar-refractivity contribution is 6.33. The highest BCUT2D eigenvalue weighted by Gasteiger charge is 1.77. The molecule has 21 heavy (non-hydrogen) atoms. The zero-order chi connectivity index (χ0) is 15.8. The normalized spacial score (nSPS) is 9.14. The van der Waals surface area contributed by atoms with Crippen LogP contribution in [0.4, 0.5) is 0 Å². The third-order valence-corrected chi connectivity index (χ3v) is 4.21. The van der Waals surface area contributed by atoms with Gasteiger partial charge in [-0.3, -0.25) is 0 Å². The van der Waals surface area contributed by atoms with E-state index < -0.39 is 0 Å². The number of hydrogen-bond acceptors (Lipinski definition) is 4. The minimum atomic E-state index is -0.0756. The Labute approximate surface area is 142 Å². The third-order valence-electron chi connectivity index (χ3n) is 1.85. The summed E-state index contributed by atoms with van der Waals surface area (Å²) in [6, 6.07) is 1.30. The molecule has 0 aromatic heterocycles. The van der Waals surface area contributed by atoms with E-state index in [1.165, 1.54) is 6.04 Å². The van der Waals surface area contributed by atoms with Crippen molar-refractivity contribution in [1.82, 2.24) is 0 Å². The van der Waals surface area contributed by atoms with Crippen molar-refractivity contribution in [3.63, 3.8) is 0 Å². The molecule has 0 rings (SSSR count). The molecule has 0 fully saturated rings. The van der Waals surface area contributed by atoms with Gasteiger partial charge in [-0.15, -0.1) is 0 Å². The topological polar surface area (TPSA) is 58.9 Å². The largest absolute Gasteiger partial charge is 0.427 e. The summed E-state index contributed by atoms with van der Waals surface area (Å²) in [5, 5.41) is 16.3. The average molecular weight is 363 g/mol. The first-order valence-corrected chi connectivity index (χ1v) is 13.8. The Bertz CT molecular complexity index is 88.3. The maximum absolute atomic E-state index is 8.22. The molecular formula is C14H46O4Si3. The molecule has 4 nitrogen and oxygen atoms in total. The minimum absolute atomic E-state index is 0. The van der Waals surface area contributed by atoms with Gasteiger partial charge in [0.25, 0.3) is 0 Å². The molecule has 0 saturated carbocycles. The Kier molecular flexibility index (Phi) is 106. The standard InChI is InChI=1S/C4H12OSi.C4H10O.2C2H8OSi.2CH4/c1-6-4-2-3-5;1-2-3-4-5;2*1-3-4-2;;/h5H,2-4,6H2,1H3;5H,2-4H2,1H3;2*4H2,1-2H3;2*1H4. The van der Waals surface area contributed by atoms with E-state index in [9.17, 15) is 0 Å². The predicted octanol–water partition coefficient (Wildman–Crippen LogP) is 1.58. The predicted molar refractivity (Wildman–Crippen MR) is 109 cm³/mol. The fourth-order valence-corrected chi connectivity index (χ4v) is 1.24.